The van der Waals surface area contributed by atoms with Gasteiger partial charge in [-0.1, -0.05) is 28.1 Å². The molecule has 20 heavy (non-hydrogen) atoms. The first kappa shape index (κ1) is 15.5. The largest absolute Gasteiger partial charge is 0.356 e. The number of likely N-dealkylation sites (tertiary alicyclic amines) is 1. The van der Waals surface area contributed by atoms with E-state index in [9.17, 15) is 4.79 Å². The molecule has 1 saturated heterocycles. The maximum atomic E-state index is 11.0. The van der Waals surface area contributed by atoms with E-state index in [1.54, 1.807) is 6.92 Å². The number of benzene rings is 1. The van der Waals surface area contributed by atoms with Gasteiger partial charge in [0.25, 0.3) is 0 Å². The van der Waals surface area contributed by atoms with Crippen LogP contribution >= 0.6 is 15.9 Å². The molecule has 1 aliphatic heterocycles. The number of hydrogen-bond donors (Lipinski definition) is 1. The summed E-state index contributed by atoms with van der Waals surface area (Å²) in [7, 11) is 0. The fourth-order valence-electron chi connectivity index (χ4n) is 2.86. The molecule has 0 bridgehead atoms. The van der Waals surface area contributed by atoms with Crippen molar-refractivity contribution in [1.82, 2.24) is 10.2 Å². The molecule has 4 heteroatoms. The van der Waals surface area contributed by atoms with Crippen LogP contribution in [0.4, 0.5) is 0 Å². The van der Waals surface area contributed by atoms with Gasteiger partial charge in [-0.2, -0.15) is 0 Å². The molecule has 1 fully saturated rings. The summed E-state index contributed by atoms with van der Waals surface area (Å²) < 4.78 is 1.12. The maximum absolute atomic E-state index is 11.0. The van der Waals surface area contributed by atoms with Gasteiger partial charge in [-0.3, -0.25) is 9.69 Å². The Morgan fingerprint density at radius 1 is 1.45 bits per heavy atom. The van der Waals surface area contributed by atoms with Crippen molar-refractivity contribution in [2.75, 3.05) is 19.6 Å². The summed E-state index contributed by atoms with van der Waals surface area (Å²) in [6.45, 7) is 6.87. The molecule has 1 N–H and O–H groups in total. The Hall–Kier alpha value is -0.870. The maximum Gasteiger partial charge on any atom is 0.216 e. The standard InChI is InChI=1S/C16H23BrN2O/c1-12(15-5-7-16(17)8-6-15)19-9-3-4-14(11-19)10-18-13(2)20/h5-8,12,14H,3-4,9-11H2,1-2H3,(H,18,20)/t12-,14-/m1/s1. The quantitative estimate of drug-likeness (QED) is 0.912. The first-order valence-corrected chi connectivity index (χ1v) is 8.09. The lowest BCUT2D eigenvalue weighted by atomic mass is 9.95. The lowest BCUT2D eigenvalue weighted by Gasteiger charge is -2.37. The third kappa shape index (κ3) is 4.32. The second kappa shape index (κ2) is 7.23. The Bertz CT molecular complexity index is 446. The van der Waals surface area contributed by atoms with Crippen molar-refractivity contribution >= 4 is 21.8 Å². The average molecular weight is 339 g/mol. The van der Waals surface area contributed by atoms with E-state index in [2.05, 4.69) is 57.3 Å². The lowest BCUT2D eigenvalue weighted by Crippen LogP contribution is -2.41. The van der Waals surface area contributed by atoms with E-state index >= 15 is 0 Å². The normalized spacial score (nSPS) is 21.4. The highest BCUT2D eigenvalue weighted by molar-refractivity contribution is 9.10. The van der Waals surface area contributed by atoms with Crippen LogP contribution in [0.3, 0.4) is 0 Å². The second-order valence-electron chi connectivity index (χ2n) is 5.67. The van der Waals surface area contributed by atoms with Gasteiger partial charge in [0, 0.05) is 30.5 Å². The van der Waals surface area contributed by atoms with Crippen LogP contribution < -0.4 is 5.32 Å². The summed E-state index contributed by atoms with van der Waals surface area (Å²) >= 11 is 3.48. The molecule has 2 rings (SSSR count). The number of amides is 1. The van der Waals surface area contributed by atoms with Gasteiger partial charge < -0.3 is 5.32 Å². The van der Waals surface area contributed by atoms with Crippen molar-refractivity contribution in [1.29, 1.82) is 0 Å². The zero-order valence-corrected chi connectivity index (χ0v) is 13.8. The molecule has 0 saturated carbocycles. The smallest absolute Gasteiger partial charge is 0.216 e. The molecule has 1 aromatic rings. The minimum atomic E-state index is 0.0723. The molecule has 1 aliphatic rings. The van der Waals surface area contributed by atoms with Crippen LogP contribution in [0.25, 0.3) is 0 Å². The van der Waals surface area contributed by atoms with Gasteiger partial charge in [-0.15, -0.1) is 0 Å². The van der Waals surface area contributed by atoms with Crippen LogP contribution in [0, 0.1) is 5.92 Å². The number of hydrogen-bond acceptors (Lipinski definition) is 2. The number of rotatable bonds is 4. The van der Waals surface area contributed by atoms with Gasteiger partial charge in [0.1, 0.15) is 0 Å². The highest BCUT2D eigenvalue weighted by Crippen LogP contribution is 2.27. The molecular formula is C16H23BrN2O. The zero-order valence-electron chi connectivity index (χ0n) is 12.2. The molecule has 2 atom stereocenters. The van der Waals surface area contributed by atoms with E-state index in [1.165, 1.54) is 18.4 Å². The fourth-order valence-corrected chi connectivity index (χ4v) is 3.12. The van der Waals surface area contributed by atoms with E-state index in [4.69, 9.17) is 0 Å². The van der Waals surface area contributed by atoms with Gasteiger partial charge in [0.05, 0.1) is 0 Å². The zero-order chi connectivity index (χ0) is 14.5. The Morgan fingerprint density at radius 2 is 2.15 bits per heavy atom. The molecule has 3 nitrogen and oxygen atoms in total. The third-order valence-electron chi connectivity index (χ3n) is 4.09. The van der Waals surface area contributed by atoms with Crippen LogP contribution in [-0.4, -0.2) is 30.4 Å². The number of nitrogens with zero attached hydrogens (tertiary/aromatic N) is 1. The van der Waals surface area contributed by atoms with E-state index in [1.807, 2.05) is 0 Å². The molecule has 0 aromatic heterocycles. The predicted octanol–water partition coefficient (Wildman–Crippen LogP) is 3.36. The van der Waals surface area contributed by atoms with E-state index in [0.717, 1.165) is 24.1 Å². The second-order valence-corrected chi connectivity index (χ2v) is 6.58. The Labute approximate surface area is 129 Å². The molecule has 110 valence electrons. The lowest BCUT2D eigenvalue weighted by molar-refractivity contribution is -0.119. The number of nitrogens with one attached hydrogen (secondary N) is 1. The first-order valence-electron chi connectivity index (χ1n) is 7.30. The van der Waals surface area contributed by atoms with Crippen LogP contribution in [-0.2, 0) is 4.79 Å². The predicted molar refractivity (Wildman–Crippen MR) is 85.5 cm³/mol. The number of carbonyl (C=O) groups excluding carboxylic acids is 1. The van der Waals surface area contributed by atoms with E-state index in [-0.39, 0.29) is 5.91 Å². The molecule has 1 heterocycles. The van der Waals surface area contributed by atoms with Gasteiger partial charge in [-0.05, 0) is 49.9 Å². The van der Waals surface area contributed by atoms with Crippen LogP contribution in [0.5, 0.6) is 0 Å². The van der Waals surface area contributed by atoms with Gasteiger partial charge in [0.15, 0.2) is 0 Å². The monoisotopic (exact) mass is 338 g/mol. The van der Waals surface area contributed by atoms with Crippen molar-refractivity contribution in [2.45, 2.75) is 32.7 Å². The molecule has 0 aliphatic carbocycles. The van der Waals surface area contributed by atoms with Crippen LogP contribution in [0.15, 0.2) is 28.7 Å². The molecule has 1 amide bonds. The number of piperidine rings is 1. The van der Waals surface area contributed by atoms with Crippen molar-refractivity contribution in [3.8, 4) is 0 Å². The van der Waals surface area contributed by atoms with Crippen molar-refractivity contribution in [3.05, 3.63) is 34.3 Å². The molecule has 0 radical (unpaired) electrons. The first-order chi connectivity index (χ1) is 9.56. The fraction of sp³-hybridized carbons (Fsp3) is 0.562. The van der Waals surface area contributed by atoms with Gasteiger partial charge in [-0.25, -0.2) is 0 Å². The summed E-state index contributed by atoms with van der Waals surface area (Å²) in [5.41, 5.74) is 1.35. The van der Waals surface area contributed by atoms with Crippen molar-refractivity contribution in [2.24, 2.45) is 5.92 Å². The Balaban J connectivity index is 1.94. The summed E-state index contributed by atoms with van der Waals surface area (Å²) in [5.74, 6) is 0.647. The molecule has 0 spiro atoms. The minimum absolute atomic E-state index is 0.0723. The number of carbonyl (C=O) groups is 1. The van der Waals surface area contributed by atoms with Crippen LogP contribution in [0.2, 0.25) is 0 Å². The minimum Gasteiger partial charge on any atom is -0.356 e. The third-order valence-corrected chi connectivity index (χ3v) is 4.62. The summed E-state index contributed by atoms with van der Waals surface area (Å²) in [6, 6.07) is 9.01. The van der Waals surface area contributed by atoms with Gasteiger partial charge >= 0.3 is 0 Å². The number of halogens is 1. The Kier molecular flexibility index (Phi) is 5.61. The van der Waals surface area contributed by atoms with Crippen molar-refractivity contribution in [3.63, 3.8) is 0 Å². The van der Waals surface area contributed by atoms with E-state index < -0.39 is 0 Å². The Morgan fingerprint density at radius 3 is 2.80 bits per heavy atom. The molecule has 0 unspecified atom stereocenters. The topological polar surface area (TPSA) is 32.3 Å². The summed E-state index contributed by atoms with van der Waals surface area (Å²) in [5, 5.41) is 2.95. The van der Waals surface area contributed by atoms with Gasteiger partial charge in [0.2, 0.25) is 5.91 Å². The van der Waals surface area contributed by atoms with Crippen LogP contribution in [0.1, 0.15) is 38.3 Å². The van der Waals surface area contributed by atoms with E-state index in [0.29, 0.717) is 12.0 Å². The van der Waals surface area contributed by atoms with Crippen molar-refractivity contribution < 1.29 is 4.79 Å². The molecule has 1 aromatic carbocycles. The summed E-state index contributed by atoms with van der Waals surface area (Å²) in [6.07, 6.45) is 2.43. The molecular weight excluding hydrogens is 316 g/mol. The SMILES string of the molecule is CC(=O)NC[C@H]1CCCN([C@H](C)c2ccc(Br)cc2)C1. The highest BCUT2D eigenvalue weighted by Gasteiger charge is 2.24. The average Bonchev–Trinajstić information content (AvgIpc) is 2.45. The highest BCUT2D eigenvalue weighted by atomic mass is 79.9. The summed E-state index contributed by atoms with van der Waals surface area (Å²) in [4.78, 5) is 13.6.